The van der Waals surface area contributed by atoms with Crippen molar-refractivity contribution < 1.29 is 9.18 Å². The van der Waals surface area contributed by atoms with Crippen molar-refractivity contribution in [3.8, 4) is 0 Å². The van der Waals surface area contributed by atoms with Gasteiger partial charge >= 0.3 is 0 Å². The van der Waals surface area contributed by atoms with E-state index in [9.17, 15) is 9.18 Å². The number of nitrogens with zero attached hydrogens (tertiary/aromatic N) is 3. The van der Waals surface area contributed by atoms with Gasteiger partial charge in [0.2, 0.25) is 5.91 Å². The van der Waals surface area contributed by atoms with Crippen LogP contribution in [0.5, 0.6) is 0 Å². The SMILES string of the molecule is CCN(Cc1cnn(C)c1)C(=O)[C@H]1C[C@H](F)CN1.Cl.Cl. The first-order valence-electron chi connectivity index (χ1n) is 6.24. The third-order valence-electron chi connectivity index (χ3n) is 3.20. The Kier molecular flexibility index (Phi) is 8.08. The lowest BCUT2D eigenvalue weighted by Gasteiger charge is -2.23. The van der Waals surface area contributed by atoms with Crippen molar-refractivity contribution in [2.45, 2.75) is 32.1 Å². The van der Waals surface area contributed by atoms with Crippen LogP contribution in [0.2, 0.25) is 0 Å². The van der Waals surface area contributed by atoms with Crippen LogP contribution >= 0.6 is 24.8 Å². The minimum atomic E-state index is -0.906. The lowest BCUT2D eigenvalue weighted by Crippen LogP contribution is -2.43. The second kappa shape index (κ2) is 8.44. The third kappa shape index (κ3) is 4.61. The lowest BCUT2D eigenvalue weighted by molar-refractivity contribution is -0.133. The van der Waals surface area contributed by atoms with Crippen LogP contribution in [-0.2, 0) is 18.4 Å². The Balaban J connectivity index is 0.00000180. The van der Waals surface area contributed by atoms with Gasteiger partial charge in [0.05, 0.1) is 12.2 Å². The van der Waals surface area contributed by atoms with E-state index in [1.54, 1.807) is 15.8 Å². The fraction of sp³-hybridized carbons (Fsp3) is 0.667. The highest BCUT2D eigenvalue weighted by Gasteiger charge is 2.31. The molecule has 0 aromatic carbocycles. The van der Waals surface area contributed by atoms with Gasteiger partial charge in [-0.2, -0.15) is 5.10 Å². The second-order valence-electron chi connectivity index (χ2n) is 4.67. The molecule has 1 amide bonds. The van der Waals surface area contributed by atoms with Crippen LogP contribution in [0.4, 0.5) is 4.39 Å². The van der Waals surface area contributed by atoms with E-state index in [-0.39, 0.29) is 49.7 Å². The summed E-state index contributed by atoms with van der Waals surface area (Å²) in [4.78, 5) is 13.9. The first kappa shape index (κ1) is 19.1. The number of hydrogen-bond acceptors (Lipinski definition) is 3. The number of halogens is 3. The summed E-state index contributed by atoms with van der Waals surface area (Å²) >= 11 is 0. The number of likely N-dealkylation sites (N-methyl/N-ethyl adjacent to an activating group) is 1. The van der Waals surface area contributed by atoms with E-state index in [0.717, 1.165) is 5.56 Å². The topological polar surface area (TPSA) is 50.2 Å². The molecule has 2 atom stereocenters. The van der Waals surface area contributed by atoms with Crippen LogP contribution in [0.1, 0.15) is 18.9 Å². The second-order valence-corrected chi connectivity index (χ2v) is 4.67. The standard InChI is InChI=1S/C12H19FN4O.2ClH/c1-3-17(8-9-5-15-16(2)7-9)12(18)11-4-10(13)6-14-11;;/h5,7,10-11,14H,3-4,6,8H2,1-2H3;2*1H/t10-,11+;;/m0../s1. The molecule has 1 fully saturated rings. The number of carbonyl (C=O) groups is 1. The fourth-order valence-electron chi connectivity index (χ4n) is 2.22. The number of alkyl halides is 1. The van der Waals surface area contributed by atoms with Gasteiger partial charge in [0.25, 0.3) is 0 Å². The first-order chi connectivity index (χ1) is 8.60. The normalized spacial score (nSPS) is 20.9. The quantitative estimate of drug-likeness (QED) is 0.907. The molecule has 2 heterocycles. The number of hydrogen-bond donors (Lipinski definition) is 1. The van der Waals surface area contributed by atoms with Gasteiger partial charge in [-0.15, -0.1) is 24.8 Å². The summed E-state index contributed by atoms with van der Waals surface area (Å²) in [5, 5.41) is 7.00. The number of amides is 1. The molecule has 0 spiro atoms. The van der Waals surface area contributed by atoms with Gasteiger partial charge in [0, 0.05) is 44.9 Å². The molecule has 2 rings (SSSR count). The monoisotopic (exact) mass is 326 g/mol. The van der Waals surface area contributed by atoms with Gasteiger partial charge in [-0.25, -0.2) is 4.39 Å². The zero-order chi connectivity index (χ0) is 13.1. The van der Waals surface area contributed by atoms with E-state index in [2.05, 4.69) is 10.4 Å². The molecular formula is C12H21Cl2FN4O. The van der Waals surface area contributed by atoms with E-state index in [1.165, 1.54) is 0 Å². The van der Waals surface area contributed by atoms with E-state index in [4.69, 9.17) is 0 Å². The lowest BCUT2D eigenvalue weighted by atomic mass is 10.2. The fourth-order valence-corrected chi connectivity index (χ4v) is 2.22. The molecule has 1 N–H and O–H groups in total. The maximum Gasteiger partial charge on any atom is 0.240 e. The van der Waals surface area contributed by atoms with Crippen molar-refractivity contribution in [3.05, 3.63) is 18.0 Å². The molecule has 0 unspecified atom stereocenters. The molecule has 0 aliphatic carbocycles. The molecule has 0 saturated carbocycles. The van der Waals surface area contributed by atoms with Crippen LogP contribution in [-0.4, -0.2) is 45.9 Å². The summed E-state index contributed by atoms with van der Waals surface area (Å²) in [6.07, 6.45) is 3.00. The van der Waals surface area contributed by atoms with Crippen molar-refractivity contribution in [3.63, 3.8) is 0 Å². The van der Waals surface area contributed by atoms with E-state index < -0.39 is 6.17 Å². The minimum Gasteiger partial charge on any atom is -0.337 e. The number of aryl methyl sites for hydroxylation is 1. The third-order valence-corrected chi connectivity index (χ3v) is 3.20. The van der Waals surface area contributed by atoms with Gasteiger partial charge in [-0.05, 0) is 6.92 Å². The van der Waals surface area contributed by atoms with E-state index >= 15 is 0 Å². The molecule has 1 aromatic heterocycles. The smallest absolute Gasteiger partial charge is 0.240 e. The summed E-state index contributed by atoms with van der Waals surface area (Å²) in [5.74, 6) is -0.0264. The number of aromatic nitrogens is 2. The predicted octanol–water partition coefficient (Wildman–Crippen LogP) is 1.31. The summed E-state index contributed by atoms with van der Waals surface area (Å²) in [6.45, 7) is 3.35. The molecule has 0 bridgehead atoms. The van der Waals surface area contributed by atoms with Crippen LogP contribution in [0.3, 0.4) is 0 Å². The van der Waals surface area contributed by atoms with Crippen molar-refractivity contribution in [1.82, 2.24) is 20.0 Å². The summed E-state index contributed by atoms with van der Waals surface area (Å²) in [7, 11) is 1.84. The van der Waals surface area contributed by atoms with Crippen LogP contribution < -0.4 is 5.32 Å². The zero-order valence-corrected chi connectivity index (χ0v) is 13.2. The minimum absolute atomic E-state index is 0. The maximum atomic E-state index is 13.1. The molecule has 0 radical (unpaired) electrons. The Hall–Kier alpha value is -0.850. The molecule has 1 aromatic rings. The zero-order valence-electron chi connectivity index (χ0n) is 11.6. The number of nitrogens with one attached hydrogen (secondary N) is 1. The van der Waals surface area contributed by atoms with E-state index in [1.807, 2.05) is 20.2 Å². The average molecular weight is 327 g/mol. The Labute approximate surface area is 130 Å². The highest BCUT2D eigenvalue weighted by Crippen LogP contribution is 2.14. The Morgan fingerprint density at radius 2 is 2.30 bits per heavy atom. The van der Waals surface area contributed by atoms with Crippen LogP contribution in [0.15, 0.2) is 12.4 Å². The number of rotatable bonds is 4. The van der Waals surface area contributed by atoms with Crippen molar-refractivity contribution in [2.24, 2.45) is 7.05 Å². The average Bonchev–Trinajstić information content (AvgIpc) is 2.94. The molecule has 20 heavy (non-hydrogen) atoms. The summed E-state index contributed by atoms with van der Waals surface area (Å²) < 4.78 is 14.8. The van der Waals surface area contributed by atoms with E-state index in [0.29, 0.717) is 13.1 Å². The highest BCUT2D eigenvalue weighted by atomic mass is 35.5. The van der Waals surface area contributed by atoms with Crippen molar-refractivity contribution >= 4 is 30.7 Å². The summed E-state index contributed by atoms with van der Waals surface area (Å²) in [5.41, 5.74) is 0.988. The Morgan fingerprint density at radius 1 is 1.60 bits per heavy atom. The predicted molar refractivity (Wildman–Crippen MR) is 80.1 cm³/mol. The Morgan fingerprint density at radius 3 is 2.75 bits per heavy atom. The molecule has 5 nitrogen and oxygen atoms in total. The number of carbonyl (C=O) groups excluding carboxylic acids is 1. The molecule has 8 heteroatoms. The van der Waals surface area contributed by atoms with Crippen molar-refractivity contribution in [1.29, 1.82) is 0 Å². The largest absolute Gasteiger partial charge is 0.337 e. The van der Waals surface area contributed by atoms with Gasteiger partial charge in [0.1, 0.15) is 6.17 Å². The molecule has 116 valence electrons. The van der Waals surface area contributed by atoms with Gasteiger partial charge < -0.3 is 10.2 Å². The molecular weight excluding hydrogens is 306 g/mol. The Bertz CT molecular complexity index is 429. The van der Waals surface area contributed by atoms with Gasteiger partial charge in [-0.1, -0.05) is 0 Å². The molecule has 1 aliphatic heterocycles. The van der Waals surface area contributed by atoms with Gasteiger partial charge in [-0.3, -0.25) is 9.48 Å². The van der Waals surface area contributed by atoms with Crippen LogP contribution in [0.25, 0.3) is 0 Å². The maximum absolute atomic E-state index is 13.1. The van der Waals surface area contributed by atoms with Gasteiger partial charge in [0.15, 0.2) is 0 Å². The van der Waals surface area contributed by atoms with Crippen molar-refractivity contribution in [2.75, 3.05) is 13.1 Å². The highest BCUT2D eigenvalue weighted by molar-refractivity contribution is 5.85. The first-order valence-corrected chi connectivity index (χ1v) is 6.24. The summed E-state index contributed by atoms with van der Waals surface area (Å²) in [6, 6.07) is -0.378. The van der Waals surface area contributed by atoms with Crippen LogP contribution in [0, 0.1) is 0 Å². The molecule has 1 aliphatic rings. The molecule has 1 saturated heterocycles.